The van der Waals surface area contributed by atoms with Gasteiger partial charge in [0.25, 0.3) is 0 Å². The van der Waals surface area contributed by atoms with Crippen molar-refractivity contribution < 1.29 is 4.42 Å². The standard InChI is InChI=1S/C58H37NO/c1-3-17-39(18-4-1)56-51-26-10-9-24-47(51)48-35-33-43(37-53(48)57(56)40-19-5-2-6-20-40)59(54-30-15-28-46-44-23-8-7-16-38(44)32-34-49(46)54)42-22-13-21-41(36-42)45-27-14-29-52-50-25-11-12-31-55(50)60-58(45)52/h1-37H. The summed E-state index contributed by atoms with van der Waals surface area (Å²) in [6, 6.07) is 81.4. The van der Waals surface area contributed by atoms with E-state index in [1.165, 1.54) is 65.3 Å². The molecule has 1 heterocycles. The van der Waals surface area contributed by atoms with Crippen molar-refractivity contribution in [2.75, 3.05) is 4.90 Å². The fraction of sp³-hybridized carbons (Fsp3) is 0. The van der Waals surface area contributed by atoms with E-state index in [1.807, 2.05) is 6.07 Å². The van der Waals surface area contributed by atoms with E-state index >= 15 is 0 Å². The van der Waals surface area contributed by atoms with Gasteiger partial charge in [0.05, 0.1) is 5.69 Å². The minimum Gasteiger partial charge on any atom is -0.455 e. The fourth-order valence-electron chi connectivity index (χ4n) is 9.56. The molecule has 0 atom stereocenters. The van der Waals surface area contributed by atoms with Crippen molar-refractivity contribution in [2.24, 2.45) is 0 Å². The van der Waals surface area contributed by atoms with E-state index in [9.17, 15) is 0 Å². The summed E-state index contributed by atoms with van der Waals surface area (Å²) in [5.41, 5.74) is 12.1. The van der Waals surface area contributed by atoms with Gasteiger partial charge >= 0.3 is 0 Å². The average molecular weight is 764 g/mol. The molecule has 11 aromatic carbocycles. The Labute approximate surface area is 347 Å². The van der Waals surface area contributed by atoms with Gasteiger partial charge in [-0.15, -0.1) is 0 Å². The van der Waals surface area contributed by atoms with Crippen LogP contribution in [0.25, 0.3) is 98.4 Å². The molecule has 0 saturated heterocycles. The van der Waals surface area contributed by atoms with Gasteiger partial charge in [-0.05, 0) is 102 Å². The van der Waals surface area contributed by atoms with E-state index in [-0.39, 0.29) is 0 Å². The average Bonchev–Trinajstić information content (AvgIpc) is 3.71. The van der Waals surface area contributed by atoms with Crippen molar-refractivity contribution in [2.45, 2.75) is 0 Å². The predicted octanol–water partition coefficient (Wildman–Crippen LogP) is 16.7. The predicted molar refractivity (Wildman–Crippen MR) is 255 cm³/mol. The quantitative estimate of drug-likeness (QED) is 0.157. The first-order chi connectivity index (χ1) is 29.8. The fourth-order valence-corrected chi connectivity index (χ4v) is 9.56. The summed E-state index contributed by atoms with van der Waals surface area (Å²) in [5, 5.41) is 12.0. The van der Waals surface area contributed by atoms with Gasteiger partial charge in [-0.25, -0.2) is 0 Å². The number of nitrogens with zero attached hydrogens (tertiary/aromatic N) is 1. The Morgan fingerprint density at radius 3 is 1.67 bits per heavy atom. The van der Waals surface area contributed by atoms with Crippen LogP contribution in [0.15, 0.2) is 229 Å². The van der Waals surface area contributed by atoms with Crippen LogP contribution in [0.1, 0.15) is 0 Å². The summed E-state index contributed by atoms with van der Waals surface area (Å²) >= 11 is 0. The first-order valence-electron chi connectivity index (χ1n) is 20.6. The Kier molecular flexibility index (Phi) is 7.89. The minimum atomic E-state index is 0.897. The van der Waals surface area contributed by atoms with Crippen molar-refractivity contribution in [1.29, 1.82) is 0 Å². The molecular formula is C58H37NO. The largest absolute Gasteiger partial charge is 0.455 e. The second-order valence-electron chi connectivity index (χ2n) is 15.6. The molecule has 2 nitrogen and oxygen atoms in total. The first-order valence-corrected chi connectivity index (χ1v) is 20.6. The Bertz CT molecular complexity index is 3600. The summed E-state index contributed by atoms with van der Waals surface area (Å²) in [6.45, 7) is 0. The van der Waals surface area contributed by atoms with Gasteiger partial charge in [-0.1, -0.05) is 188 Å². The lowest BCUT2D eigenvalue weighted by atomic mass is 9.85. The highest BCUT2D eigenvalue weighted by Crippen LogP contribution is 2.48. The molecule has 0 amide bonds. The van der Waals surface area contributed by atoms with Crippen LogP contribution in [0.3, 0.4) is 0 Å². The topological polar surface area (TPSA) is 16.4 Å². The lowest BCUT2D eigenvalue weighted by Crippen LogP contribution is -2.11. The molecule has 0 bridgehead atoms. The first kappa shape index (κ1) is 34.1. The second kappa shape index (κ2) is 13.9. The number of anilines is 3. The van der Waals surface area contributed by atoms with E-state index in [0.717, 1.165) is 50.1 Å². The van der Waals surface area contributed by atoms with E-state index in [0.29, 0.717) is 0 Å². The Hall–Kier alpha value is -7.94. The summed E-state index contributed by atoms with van der Waals surface area (Å²) < 4.78 is 6.58. The van der Waals surface area contributed by atoms with Crippen molar-refractivity contribution in [3.63, 3.8) is 0 Å². The van der Waals surface area contributed by atoms with Crippen LogP contribution < -0.4 is 4.90 Å². The van der Waals surface area contributed by atoms with Gasteiger partial charge < -0.3 is 9.32 Å². The van der Waals surface area contributed by atoms with Crippen molar-refractivity contribution in [3.05, 3.63) is 224 Å². The van der Waals surface area contributed by atoms with Gasteiger partial charge in [0, 0.05) is 33.1 Å². The van der Waals surface area contributed by atoms with Crippen molar-refractivity contribution in [1.82, 2.24) is 0 Å². The number of hydrogen-bond acceptors (Lipinski definition) is 2. The number of furan rings is 1. The number of rotatable bonds is 6. The highest BCUT2D eigenvalue weighted by atomic mass is 16.3. The van der Waals surface area contributed by atoms with Crippen LogP contribution >= 0.6 is 0 Å². The molecule has 0 aliphatic heterocycles. The maximum Gasteiger partial charge on any atom is 0.143 e. The Morgan fingerprint density at radius 2 is 0.850 bits per heavy atom. The molecule has 12 aromatic rings. The molecule has 0 aliphatic carbocycles. The SMILES string of the molecule is c1ccc(-c2c(-c3ccccc3)c3cc(N(c4cccc(-c5cccc6c5oc5ccccc56)c4)c4cccc5c4ccc4ccccc45)ccc3c3ccccc23)cc1. The van der Waals surface area contributed by atoms with E-state index in [2.05, 4.69) is 223 Å². The third kappa shape index (κ3) is 5.42. The zero-order valence-electron chi connectivity index (χ0n) is 32.7. The van der Waals surface area contributed by atoms with Crippen LogP contribution in [-0.2, 0) is 0 Å². The van der Waals surface area contributed by atoms with Gasteiger partial charge in [-0.2, -0.15) is 0 Å². The molecule has 280 valence electrons. The lowest BCUT2D eigenvalue weighted by molar-refractivity contribution is 0.670. The number of hydrogen-bond donors (Lipinski definition) is 0. The van der Waals surface area contributed by atoms with E-state index in [4.69, 9.17) is 4.42 Å². The third-order valence-corrected chi connectivity index (χ3v) is 12.2. The molecule has 12 rings (SSSR count). The molecule has 0 aliphatic rings. The van der Waals surface area contributed by atoms with E-state index in [1.54, 1.807) is 0 Å². The van der Waals surface area contributed by atoms with Crippen LogP contribution in [0.4, 0.5) is 17.1 Å². The molecule has 0 spiro atoms. The Morgan fingerprint density at radius 1 is 0.300 bits per heavy atom. The number of benzene rings is 11. The van der Waals surface area contributed by atoms with Gasteiger partial charge in [0.1, 0.15) is 11.2 Å². The Balaban J connectivity index is 1.16. The molecule has 0 unspecified atom stereocenters. The smallest absolute Gasteiger partial charge is 0.143 e. The minimum absolute atomic E-state index is 0.897. The van der Waals surface area contributed by atoms with Gasteiger partial charge in [-0.3, -0.25) is 0 Å². The van der Waals surface area contributed by atoms with Crippen LogP contribution in [0.2, 0.25) is 0 Å². The van der Waals surface area contributed by atoms with Crippen LogP contribution in [-0.4, -0.2) is 0 Å². The zero-order valence-corrected chi connectivity index (χ0v) is 32.7. The maximum atomic E-state index is 6.58. The summed E-state index contributed by atoms with van der Waals surface area (Å²) in [5.74, 6) is 0. The maximum absolute atomic E-state index is 6.58. The highest BCUT2D eigenvalue weighted by Gasteiger charge is 2.22. The van der Waals surface area contributed by atoms with Gasteiger partial charge in [0.15, 0.2) is 0 Å². The van der Waals surface area contributed by atoms with E-state index < -0.39 is 0 Å². The molecule has 0 N–H and O–H groups in total. The van der Waals surface area contributed by atoms with Crippen LogP contribution in [0.5, 0.6) is 0 Å². The molecular weight excluding hydrogens is 727 g/mol. The molecule has 1 aromatic heterocycles. The summed E-state index contributed by atoms with van der Waals surface area (Å²) in [4.78, 5) is 2.45. The summed E-state index contributed by atoms with van der Waals surface area (Å²) in [7, 11) is 0. The highest BCUT2D eigenvalue weighted by molar-refractivity contribution is 6.22. The lowest BCUT2D eigenvalue weighted by Gasteiger charge is -2.28. The van der Waals surface area contributed by atoms with Crippen molar-refractivity contribution >= 4 is 82.1 Å². The number of para-hydroxylation sites is 2. The molecule has 60 heavy (non-hydrogen) atoms. The van der Waals surface area contributed by atoms with Crippen molar-refractivity contribution in [3.8, 4) is 33.4 Å². The molecule has 0 radical (unpaired) electrons. The molecule has 2 heteroatoms. The number of fused-ring (bicyclic) bond motifs is 9. The molecule has 0 fully saturated rings. The monoisotopic (exact) mass is 763 g/mol. The normalized spacial score (nSPS) is 11.7. The van der Waals surface area contributed by atoms with Gasteiger partial charge in [0.2, 0.25) is 0 Å². The third-order valence-electron chi connectivity index (χ3n) is 12.2. The zero-order chi connectivity index (χ0) is 39.6. The van der Waals surface area contributed by atoms with Crippen LogP contribution in [0, 0.1) is 0 Å². The second-order valence-corrected chi connectivity index (χ2v) is 15.6. The molecule has 0 saturated carbocycles. The summed E-state index contributed by atoms with van der Waals surface area (Å²) in [6.07, 6.45) is 0.